The van der Waals surface area contributed by atoms with E-state index >= 15 is 0 Å². The van der Waals surface area contributed by atoms with Crippen LogP contribution in [0.25, 0.3) is 0 Å². The van der Waals surface area contributed by atoms with Crippen LogP contribution in [0.3, 0.4) is 0 Å². The molecule has 0 aliphatic rings. The van der Waals surface area contributed by atoms with Crippen molar-refractivity contribution in [2.75, 3.05) is 25.6 Å². The third kappa shape index (κ3) is 7.39. The predicted molar refractivity (Wildman–Crippen MR) is 108 cm³/mol. The van der Waals surface area contributed by atoms with Gasteiger partial charge in [0.1, 0.15) is 17.2 Å². The van der Waals surface area contributed by atoms with Crippen molar-refractivity contribution in [3.63, 3.8) is 0 Å². The number of unbranched alkanes of at least 4 members (excludes halogenated alkanes) is 3. The van der Waals surface area contributed by atoms with Crippen LogP contribution in [0.1, 0.15) is 32.6 Å². The number of hydrogen-bond donors (Lipinski definition) is 1. The number of methoxy groups -OCH3 is 1. The highest BCUT2D eigenvalue weighted by molar-refractivity contribution is 6.31. The average molecular weight is 392 g/mol. The Hall–Kier alpha value is -2.40. The minimum atomic E-state index is -0.304. The van der Waals surface area contributed by atoms with Crippen LogP contribution in [0.4, 0.5) is 5.69 Å². The molecule has 1 N–H and O–H groups in total. The number of nitrogens with one attached hydrogen (secondary N) is 1. The quantitative estimate of drug-likeness (QED) is 0.526. The van der Waals surface area contributed by atoms with Gasteiger partial charge in [-0.3, -0.25) is 4.79 Å². The predicted octanol–water partition coefficient (Wildman–Crippen LogP) is 5.33. The van der Waals surface area contributed by atoms with Gasteiger partial charge in [-0.05, 0) is 36.8 Å². The Morgan fingerprint density at radius 3 is 2.56 bits per heavy atom. The van der Waals surface area contributed by atoms with Gasteiger partial charge in [-0.25, -0.2) is 0 Å². The van der Waals surface area contributed by atoms with Crippen molar-refractivity contribution in [1.82, 2.24) is 0 Å². The van der Waals surface area contributed by atoms with E-state index in [0.717, 1.165) is 12.2 Å². The van der Waals surface area contributed by atoms with Gasteiger partial charge in [0.2, 0.25) is 0 Å². The Balaban J connectivity index is 1.83. The van der Waals surface area contributed by atoms with E-state index in [0.29, 0.717) is 28.8 Å². The molecule has 2 aromatic carbocycles. The lowest BCUT2D eigenvalue weighted by molar-refractivity contribution is -0.118. The Labute approximate surface area is 165 Å². The first kappa shape index (κ1) is 20.9. The van der Waals surface area contributed by atoms with Crippen molar-refractivity contribution in [2.45, 2.75) is 32.6 Å². The summed E-state index contributed by atoms with van der Waals surface area (Å²) in [5.74, 6) is 1.54. The van der Waals surface area contributed by atoms with E-state index < -0.39 is 0 Å². The molecule has 0 radical (unpaired) electrons. The molecule has 0 aliphatic heterocycles. The fourth-order valence-electron chi connectivity index (χ4n) is 2.49. The maximum atomic E-state index is 12.2. The second kappa shape index (κ2) is 11.3. The summed E-state index contributed by atoms with van der Waals surface area (Å²) in [6.45, 7) is 2.73. The molecule has 27 heavy (non-hydrogen) atoms. The molecule has 0 aliphatic carbocycles. The zero-order chi connectivity index (χ0) is 19.5. The van der Waals surface area contributed by atoms with Gasteiger partial charge >= 0.3 is 0 Å². The molecular weight excluding hydrogens is 366 g/mol. The molecule has 0 unspecified atom stereocenters. The first-order chi connectivity index (χ1) is 13.1. The van der Waals surface area contributed by atoms with Gasteiger partial charge in [-0.1, -0.05) is 43.9 Å². The van der Waals surface area contributed by atoms with Gasteiger partial charge in [0, 0.05) is 11.1 Å². The number of amides is 1. The van der Waals surface area contributed by atoms with Crippen molar-refractivity contribution in [3.05, 3.63) is 47.5 Å². The van der Waals surface area contributed by atoms with Crippen LogP contribution in [0.5, 0.6) is 17.2 Å². The Bertz CT molecular complexity index is 736. The van der Waals surface area contributed by atoms with Gasteiger partial charge in [0.05, 0.1) is 19.4 Å². The molecule has 0 aromatic heterocycles. The summed E-state index contributed by atoms with van der Waals surface area (Å²) in [4.78, 5) is 12.2. The topological polar surface area (TPSA) is 56.8 Å². The molecule has 5 nitrogen and oxygen atoms in total. The van der Waals surface area contributed by atoms with Gasteiger partial charge in [0.15, 0.2) is 6.61 Å². The molecule has 0 spiro atoms. The molecule has 2 aromatic rings. The fraction of sp³-hybridized carbons (Fsp3) is 0.381. The van der Waals surface area contributed by atoms with E-state index in [1.807, 2.05) is 12.1 Å². The fourth-order valence-corrected chi connectivity index (χ4v) is 2.66. The number of halogens is 1. The summed E-state index contributed by atoms with van der Waals surface area (Å²) >= 11 is 5.97. The standard InChI is InChI=1S/C21H26ClNO4/c1-3-4-5-6-12-26-17-8-7-9-18(14-17)27-15-21(24)23-19-13-16(22)10-11-20(19)25-2/h7-11,13-14H,3-6,12,15H2,1-2H3,(H,23,24). The van der Waals surface area contributed by atoms with E-state index in [9.17, 15) is 4.79 Å². The second-order valence-electron chi connectivity index (χ2n) is 6.07. The Morgan fingerprint density at radius 1 is 1.04 bits per heavy atom. The third-order valence-electron chi connectivity index (χ3n) is 3.88. The van der Waals surface area contributed by atoms with Gasteiger partial charge in [0.25, 0.3) is 5.91 Å². The normalized spacial score (nSPS) is 10.3. The number of anilines is 1. The van der Waals surface area contributed by atoms with Crippen LogP contribution in [0.2, 0.25) is 5.02 Å². The summed E-state index contributed by atoms with van der Waals surface area (Å²) in [5, 5.41) is 3.25. The molecule has 0 bridgehead atoms. The number of carbonyl (C=O) groups is 1. The van der Waals surface area contributed by atoms with Gasteiger partial charge in [-0.15, -0.1) is 0 Å². The monoisotopic (exact) mass is 391 g/mol. The summed E-state index contributed by atoms with van der Waals surface area (Å²) in [7, 11) is 1.53. The smallest absolute Gasteiger partial charge is 0.262 e. The minimum Gasteiger partial charge on any atom is -0.495 e. The number of hydrogen-bond acceptors (Lipinski definition) is 4. The summed E-state index contributed by atoms with van der Waals surface area (Å²) in [6, 6.07) is 12.3. The van der Waals surface area contributed by atoms with Crippen LogP contribution >= 0.6 is 11.6 Å². The largest absolute Gasteiger partial charge is 0.495 e. The lowest BCUT2D eigenvalue weighted by Crippen LogP contribution is -2.20. The number of benzene rings is 2. The molecule has 6 heteroatoms. The van der Waals surface area contributed by atoms with Crippen LogP contribution in [-0.4, -0.2) is 26.2 Å². The van der Waals surface area contributed by atoms with E-state index in [-0.39, 0.29) is 12.5 Å². The summed E-state index contributed by atoms with van der Waals surface area (Å²) < 4.78 is 16.5. The third-order valence-corrected chi connectivity index (χ3v) is 4.11. The van der Waals surface area contributed by atoms with Gasteiger partial charge < -0.3 is 19.5 Å². The second-order valence-corrected chi connectivity index (χ2v) is 6.50. The molecule has 146 valence electrons. The SMILES string of the molecule is CCCCCCOc1cccc(OCC(=O)Nc2cc(Cl)ccc2OC)c1. The zero-order valence-corrected chi connectivity index (χ0v) is 16.6. The maximum Gasteiger partial charge on any atom is 0.262 e. The molecule has 0 saturated heterocycles. The average Bonchev–Trinajstić information content (AvgIpc) is 2.67. The van der Waals surface area contributed by atoms with Crippen molar-refractivity contribution in [3.8, 4) is 17.2 Å². The minimum absolute atomic E-state index is 0.129. The number of rotatable bonds is 11. The van der Waals surface area contributed by atoms with Gasteiger partial charge in [-0.2, -0.15) is 0 Å². The highest BCUT2D eigenvalue weighted by Crippen LogP contribution is 2.27. The van der Waals surface area contributed by atoms with Crippen LogP contribution in [0, 0.1) is 0 Å². The van der Waals surface area contributed by atoms with Crippen LogP contribution < -0.4 is 19.5 Å². The Kier molecular flexibility index (Phi) is 8.78. The van der Waals surface area contributed by atoms with E-state index in [1.54, 1.807) is 30.3 Å². The first-order valence-electron chi connectivity index (χ1n) is 9.11. The summed E-state index contributed by atoms with van der Waals surface area (Å²) in [5.41, 5.74) is 0.503. The molecule has 0 fully saturated rings. The molecule has 1 amide bonds. The molecular formula is C21H26ClNO4. The highest BCUT2D eigenvalue weighted by Gasteiger charge is 2.09. The van der Waals surface area contributed by atoms with E-state index in [2.05, 4.69) is 12.2 Å². The van der Waals surface area contributed by atoms with E-state index in [4.69, 9.17) is 25.8 Å². The van der Waals surface area contributed by atoms with Crippen molar-refractivity contribution >= 4 is 23.2 Å². The van der Waals surface area contributed by atoms with E-state index in [1.165, 1.54) is 26.4 Å². The number of ether oxygens (including phenoxy) is 3. The van der Waals surface area contributed by atoms with Crippen LogP contribution in [-0.2, 0) is 4.79 Å². The number of carbonyl (C=O) groups excluding carboxylic acids is 1. The lowest BCUT2D eigenvalue weighted by atomic mass is 10.2. The lowest BCUT2D eigenvalue weighted by Gasteiger charge is -2.12. The first-order valence-corrected chi connectivity index (χ1v) is 9.49. The molecule has 0 heterocycles. The molecule has 2 rings (SSSR count). The summed E-state index contributed by atoms with van der Waals surface area (Å²) in [6.07, 6.45) is 4.62. The zero-order valence-electron chi connectivity index (χ0n) is 15.8. The maximum absolute atomic E-state index is 12.2. The van der Waals surface area contributed by atoms with Crippen molar-refractivity contribution < 1.29 is 19.0 Å². The Morgan fingerprint density at radius 2 is 1.81 bits per heavy atom. The highest BCUT2D eigenvalue weighted by atomic mass is 35.5. The van der Waals surface area contributed by atoms with Crippen molar-refractivity contribution in [2.24, 2.45) is 0 Å². The van der Waals surface area contributed by atoms with Crippen molar-refractivity contribution in [1.29, 1.82) is 0 Å². The molecule has 0 atom stereocenters. The molecule has 0 saturated carbocycles. The van der Waals surface area contributed by atoms with Crippen LogP contribution in [0.15, 0.2) is 42.5 Å².